The molecule has 0 aliphatic rings. The van der Waals surface area contributed by atoms with E-state index in [0.717, 1.165) is 6.42 Å². The fourth-order valence-corrected chi connectivity index (χ4v) is 2.19. The van der Waals surface area contributed by atoms with Crippen molar-refractivity contribution in [1.82, 2.24) is 0 Å². The zero-order valence-corrected chi connectivity index (χ0v) is 13.0. The third kappa shape index (κ3) is 5.85. The number of carboxylic acids is 1. The maximum absolute atomic E-state index is 12.2. The Morgan fingerprint density at radius 1 is 1.24 bits per heavy atom. The molecule has 2 N–H and O–H groups in total. The van der Waals surface area contributed by atoms with Crippen molar-refractivity contribution in [3.05, 3.63) is 24.3 Å². The number of amides is 1. The lowest BCUT2D eigenvalue weighted by Crippen LogP contribution is -2.32. The van der Waals surface area contributed by atoms with Crippen LogP contribution in [-0.2, 0) is 9.59 Å². The molecular weight excluding hydrogens is 270 g/mol. The molecule has 1 rings (SSSR count). The van der Waals surface area contributed by atoms with E-state index in [9.17, 15) is 9.59 Å². The van der Waals surface area contributed by atoms with E-state index >= 15 is 0 Å². The van der Waals surface area contributed by atoms with Crippen LogP contribution in [0.5, 0.6) is 5.75 Å². The normalized spacial score (nSPS) is 11.3. The van der Waals surface area contributed by atoms with Crippen LogP contribution in [0.4, 0.5) is 5.69 Å². The summed E-state index contributed by atoms with van der Waals surface area (Å²) in [4.78, 5) is 22.7. The third-order valence-electron chi connectivity index (χ3n) is 3.01. The van der Waals surface area contributed by atoms with E-state index in [-0.39, 0.29) is 12.5 Å². The largest absolute Gasteiger partial charge is 0.482 e. The summed E-state index contributed by atoms with van der Waals surface area (Å²) < 4.78 is 5.04. The van der Waals surface area contributed by atoms with Crippen LogP contribution in [-0.4, -0.2) is 23.6 Å². The first-order chi connectivity index (χ1) is 9.70. The molecule has 0 fully saturated rings. The highest BCUT2D eigenvalue weighted by atomic mass is 16.5. The van der Waals surface area contributed by atoms with Crippen molar-refractivity contribution in [2.24, 2.45) is 11.3 Å². The molecule has 5 nitrogen and oxygen atoms in total. The Kier molecular flexibility index (Phi) is 5.76. The van der Waals surface area contributed by atoms with Crippen LogP contribution in [0, 0.1) is 11.3 Å². The Morgan fingerprint density at radius 3 is 2.29 bits per heavy atom. The Hall–Kier alpha value is -2.04. The number of carboxylic acid groups (broad SMARTS) is 1. The molecule has 0 saturated heterocycles. The Morgan fingerprint density at radius 2 is 1.81 bits per heavy atom. The monoisotopic (exact) mass is 293 g/mol. The molecule has 5 heteroatoms. The van der Waals surface area contributed by atoms with Gasteiger partial charge in [0, 0.05) is 11.1 Å². The number of benzene rings is 1. The molecule has 0 aliphatic carbocycles. The quantitative estimate of drug-likeness (QED) is 0.809. The summed E-state index contributed by atoms with van der Waals surface area (Å²) in [6, 6.07) is 6.66. The zero-order chi connectivity index (χ0) is 16.0. The topological polar surface area (TPSA) is 75.6 Å². The molecule has 0 saturated carbocycles. The molecule has 1 amide bonds. The van der Waals surface area contributed by atoms with Gasteiger partial charge < -0.3 is 15.2 Å². The molecule has 0 atom stereocenters. The van der Waals surface area contributed by atoms with Crippen LogP contribution < -0.4 is 10.1 Å². The number of carbonyl (C=O) groups excluding carboxylic acids is 1. The van der Waals surface area contributed by atoms with Crippen molar-refractivity contribution < 1.29 is 19.4 Å². The minimum Gasteiger partial charge on any atom is -0.482 e. The van der Waals surface area contributed by atoms with Gasteiger partial charge in [0.25, 0.3) is 0 Å². The van der Waals surface area contributed by atoms with E-state index in [2.05, 4.69) is 19.2 Å². The highest BCUT2D eigenvalue weighted by molar-refractivity contribution is 5.94. The van der Waals surface area contributed by atoms with E-state index in [1.165, 1.54) is 0 Å². The lowest BCUT2D eigenvalue weighted by molar-refractivity contribution is -0.139. The maximum atomic E-state index is 12.2. The molecule has 21 heavy (non-hydrogen) atoms. The minimum atomic E-state index is -1.03. The fourth-order valence-electron chi connectivity index (χ4n) is 2.19. The molecule has 0 spiro atoms. The predicted molar refractivity (Wildman–Crippen MR) is 81.4 cm³/mol. The lowest BCUT2D eigenvalue weighted by atomic mass is 9.83. The maximum Gasteiger partial charge on any atom is 0.341 e. The molecule has 1 aromatic carbocycles. The highest BCUT2D eigenvalue weighted by Gasteiger charge is 2.28. The Balaban J connectivity index is 2.63. The first-order valence-electron chi connectivity index (χ1n) is 6.97. The second-order valence-electron chi connectivity index (χ2n) is 6.14. The van der Waals surface area contributed by atoms with E-state index in [4.69, 9.17) is 9.84 Å². The molecule has 1 aromatic rings. The average Bonchev–Trinajstić information content (AvgIpc) is 2.36. The van der Waals surface area contributed by atoms with Gasteiger partial charge in [0.2, 0.25) is 5.91 Å². The van der Waals surface area contributed by atoms with Crippen molar-refractivity contribution in [3.8, 4) is 5.75 Å². The van der Waals surface area contributed by atoms with Gasteiger partial charge in [-0.15, -0.1) is 0 Å². The molecule has 0 radical (unpaired) electrons. The Labute approximate surface area is 125 Å². The van der Waals surface area contributed by atoms with E-state index in [0.29, 0.717) is 17.4 Å². The van der Waals surface area contributed by atoms with Gasteiger partial charge in [-0.05, 0) is 36.6 Å². The number of hydrogen-bond acceptors (Lipinski definition) is 3. The number of aliphatic carboxylic acids is 1. The molecule has 116 valence electrons. The molecule has 0 aliphatic heterocycles. The smallest absolute Gasteiger partial charge is 0.341 e. The van der Waals surface area contributed by atoms with Crippen LogP contribution in [0.3, 0.4) is 0 Å². The van der Waals surface area contributed by atoms with Crippen molar-refractivity contribution in [1.29, 1.82) is 0 Å². The van der Waals surface area contributed by atoms with Gasteiger partial charge in [-0.25, -0.2) is 4.79 Å². The van der Waals surface area contributed by atoms with Crippen molar-refractivity contribution >= 4 is 17.6 Å². The molecule has 0 bridgehead atoms. The second kappa shape index (κ2) is 7.11. The Bertz CT molecular complexity index is 492. The summed E-state index contributed by atoms with van der Waals surface area (Å²) in [7, 11) is 0. The number of ether oxygens (including phenoxy) is 1. The summed E-state index contributed by atoms with van der Waals surface area (Å²) in [5, 5.41) is 11.4. The van der Waals surface area contributed by atoms with Gasteiger partial charge in [-0.3, -0.25) is 4.79 Å². The van der Waals surface area contributed by atoms with Gasteiger partial charge in [0.1, 0.15) is 5.75 Å². The number of hydrogen-bond donors (Lipinski definition) is 2. The van der Waals surface area contributed by atoms with Crippen LogP contribution in [0.2, 0.25) is 0 Å². The molecule has 0 unspecified atom stereocenters. The van der Waals surface area contributed by atoms with Gasteiger partial charge in [-0.1, -0.05) is 27.7 Å². The summed E-state index contributed by atoms with van der Waals surface area (Å²) in [5.41, 5.74) is 0.228. The van der Waals surface area contributed by atoms with Crippen molar-refractivity contribution in [2.45, 2.75) is 34.1 Å². The highest BCUT2D eigenvalue weighted by Crippen LogP contribution is 2.27. The SMILES string of the molecule is CC(C)CC(C)(C)C(=O)Nc1ccc(OCC(=O)O)cc1. The number of nitrogens with one attached hydrogen (secondary N) is 1. The average molecular weight is 293 g/mol. The van der Waals surface area contributed by atoms with Crippen LogP contribution in [0.25, 0.3) is 0 Å². The van der Waals surface area contributed by atoms with Crippen LogP contribution in [0.1, 0.15) is 34.1 Å². The summed E-state index contributed by atoms with van der Waals surface area (Å²) in [6.45, 7) is 7.64. The summed E-state index contributed by atoms with van der Waals surface area (Å²) in [6.07, 6.45) is 0.804. The number of anilines is 1. The van der Waals surface area contributed by atoms with E-state index in [1.54, 1.807) is 24.3 Å². The lowest BCUT2D eigenvalue weighted by Gasteiger charge is -2.25. The zero-order valence-electron chi connectivity index (χ0n) is 13.0. The van der Waals surface area contributed by atoms with Gasteiger partial charge in [-0.2, -0.15) is 0 Å². The molecular formula is C16H23NO4. The van der Waals surface area contributed by atoms with E-state index < -0.39 is 11.4 Å². The van der Waals surface area contributed by atoms with Crippen molar-refractivity contribution in [3.63, 3.8) is 0 Å². The predicted octanol–water partition coefficient (Wildman–Crippen LogP) is 3.16. The first kappa shape index (κ1) is 17.0. The van der Waals surface area contributed by atoms with Crippen LogP contribution >= 0.6 is 0 Å². The molecule has 0 aromatic heterocycles. The summed E-state index contributed by atoms with van der Waals surface area (Å²) >= 11 is 0. The van der Waals surface area contributed by atoms with Gasteiger partial charge in [0.15, 0.2) is 6.61 Å². The minimum absolute atomic E-state index is 0.0320. The number of carbonyl (C=O) groups is 2. The summed E-state index contributed by atoms with van der Waals surface area (Å²) in [5.74, 6) is -0.160. The van der Waals surface area contributed by atoms with Gasteiger partial charge in [0.05, 0.1) is 0 Å². The first-order valence-corrected chi connectivity index (χ1v) is 6.97. The standard InChI is InChI=1S/C16H23NO4/c1-11(2)9-16(3,4)15(20)17-12-5-7-13(8-6-12)21-10-14(18)19/h5-8,11H,9-10H2,1-4H3,(H,17,20)(H,18,19). The molecule has 0 heterocycles. The van der Waals surface area contributed by atoms with E-state index in [1.807, 2.05) is 13.8 Å². The second-order valence-corrected chi connectivity index (χ2v) is 6.14. The van der Waals surface area contributed by atoms with Gasteiger partial charge >= 0.3 is 5.97 Å². The van der Waals surface area contributed by atoms with Crippen molar-refractivity contribution in [2.75, 3.05) is 11.9 Å². The van der Waals surface area contributed by atoms with Crippen LogP contribution in [0.15, 0.2) is 24.3 Å². The number of rotatable bonds is 7. The fraction of sp³-hybridized carbons (Fsp3) is 0.500. The third-order valence-corrected chi connectivity index (χ3v) is 3.01.